The van der Waals surface area contributed by atoms with Gasteiger partial charge in [-0.1, -0.05) is 17.9 Å². The Morgan fingerprint density at radius 3 is 2.59 bits per heavy atom. The number of amides is 1. The van der Waals surface area contributed by atoms with Crippen molar-refractivity contribution in [1.82, 2.24) is 19.5 Å². The van der Waals surface area contributed by atoms with Crippen LogP contribution in [0, 0.1) is 25.7 Å². The zero-order valence-electron chi connectivity index (χ0n) is 22.0. The van der Waals surface area contributed by atoms with Crippen LogP contribution in [0.2, 0.25) is 0 Å². The van der Waals surface area contributed by atoms with E-state index in [1.807, 2.05) is 12.3 Å². The van der Waals surface area contributed by atoms with Gasteiger partial charge in [-0.3, -0.25) is 4.79 Å². The summed E-state index contributed by atoms with van der Waals surface area (Å²) >= 11 is 1.53. The maximum absolute atomic E-state index is 13.7. The molecule has 1 aliphatic rings. The van der Waals surface area contributed by atoms with E-state index in [0.717, 1.165) is 52.1 Å². The van der Waals surface area contributed by atoms with Gasteiger partial charge in [-0.2, -0.15) is 13.2 Å². The average Bonchev–Trinajstić information content (AvgIpc) is 3.49. The number of carbonyl (C=O) groups is 1. The smallest absolute Gasteiger partial charge is 0.366 e. The number of carbonyl (C=O) groups excluding carboxylic acids is 1. The lowest BCUT2D eigenvalue weighted by Crippen LogP contribution is -2.15. The van der Waals surface area contributed by atoms with Gasteiger partial charge in [0.05, 0.1) is 27.8 Å². The number of benzene rings is 2. The summed E-state index contributed by atoms with van der Waals surface area (Å²) in [5.41, 5.74) is 3.28. The number of halogens is 3. The number of hydrogen-bond acceptors (Lipinski definition) is 6. The molecule has 1 amide bonds. The highest BCUT2D eigenvalue weighted by Crippen LogP contribution is 2.33. The van der Waals surface area contributed by atoms with Gasteiger partial charge in [0.1, 0.15) is 17.7 Å². The molecular weight excluding hydrogens is 549 g/mol. The van der Waals surface area contributed by atoms with Gasteiger partial charge in [-0.15, -0.1) is 11.3 Å². The standard InChI is InChI=1S/C30H23F3N6OS/c1-17-3-6-24(10-19(17)4-5-20-14-41-27-26(20)34-15-35-28(27)37-23-7-8-23)38-29(40)21-9-22(30(31,32)33)12-25(11-21)39-13-18(2)36-16-39/h3,6,9-16,23H,7-8H2,1-2H3,(H,38,40)(H,34,35,37). The molecule has 0 spiro atoms. The molecule has 0 saturated heterocycles. The number of aryl methyl sites for hydroxylation is 2. The van der Waals surface area contributed by atoms with E-state index in [-0.39, 0.29) is 11.3 Å². The monoisotopic (exact) mass is 572 g/mol. The normalized spacial score (nSPS) is 13.1. The van der Waals surface area contributed by atoms with Crippen molar-refractivity contribution in [3.8, 4) is 17.5 Å². The molecule has 206 valence electrons. The molecule has 0 bridgehead atoms. The van der Waals surface area contributed by atoms with Crippen molar-refractivity contribution >= 4 is 39.0 Å². The average molecular weight is 573 g/mol. The lowest BCUT2D eigenvalue weighted by atomic mass is 10.1. The minimum atomic E-state index is -4.63. The SMILES string of the molecule is Cc1cn(-c2cc(C(=O)Nc3ccc(C)c(C#Cc4csc5c(NC6CC6)ncnc45)c3)cc(C(F)(F)F)c2)cn1. The molecular formula is C30H23F3N6OS. The first-order valence-corrected chi connectivity index (χ1v) is 13.7. The van der Waals surface area contributed by atoms with E-state index in [9.17, 15) is 18.0 Å². The minimum absolute atomic E-state index is 0.130. The van der Waals surface area contributed by atoms with Crippen molar-refractivity contribution in [3.63, 3.8) is 0 Å². The third kappa shape index (κ3) is 5.78. The molecule has 2 N–H and O–H groups in total. The number of imidazole rings is 1. The number of hydrogen-bond donors (Lipinski definition) is 2. The predicted molar refractivity (Wildman–Crippen MR) is 152 cm³/mol. The largest absolute Gasteiger partial charge is 0.416 e. The van der Waals surface area contributed by atoms with E-state index >= 15 is 0 Å². The minimum Gasteiger partial charge on any atom is -0.366 e. The molecule has 11 heteroatoms. The first-order valence-electron chi connectivity index (χ1n) is 12.8. The number of rotatable bonds is 5. The zero-order valence-corrected chi connectivity index (χ0v) is 22.8. The van der Waals surface area contributed by atoms with E-state index in [0.29, 0.717) is 23.0 Å². The second-order valence-corrected chi connectivity index (χ2v) is 10.8. The van der Waals surface area contributed by atoms with Gasteiger partial charge < -0.3 is 15.2 Å². The fourth-order valence-corrected chi connectivity index (χ4v) is 5.16. The Balaban J connectivity index is 1.27. The molecule has 0 radical (unpaired) electrons. The quantitative estimate of drug-likeness (QED) is 0.228. The van der Waals surface area contributed by atoms with Crippen molar-refractivity contribution in [1.29, 1.82) is 0 Å². The molecule has 3 aromatic heterocycles. The first-order chi connectivity index (χ1) is 19.6. The van der Waals surface area contributed by atoms with Crippen molar-refractivity contribution in [2.45, 2.75) is 38.9 Å². The van der Waals surface area contributed by atoms with Crippen molar-refractivity contribution < 1.29 is 18.0 Å². The van der Waals surface area contributed by atoms with E-state index in [2.05, 4.69) is 37.4 Å². The maximum Gasteiger partial charge on any atom is 0.416 e. The summed E-state index contributed by atoms with van der Waals surface area (Å²) in [6.07, 6.45) is 2.17. The Hall–Kier alpha value is -4.69. The summed E-state index contributed by atoms with van der Waals surface area (Å²) in [6, 6.07) is 8.89. The van der Waals surface area contributed by atoms with Crippen LogP contribution in [0.4, 0.5) is 24.7 Å². The Bertz CT molecular complexity index is 1860. The van der Waals surface area contributed by atoms with Gasteiger partial charge in [0.25, 0.3) is 5.91 Å². The molecule has 41 heavy (non-hydrogen) atoms. The topological polar surface area (TPSA) is 84.7 Å². The summed E-state index contributed by atoms with van der Waals surface area (Å²) in [7, 11) is 0. The summed E-state index contributed by atoms with van der Waals surface area (Å²) in [5, 5.41) is 8.08. The van der Waals surface area contributed by atoms with Crippen molar-refractivity contribution in [2.75, 3.05) is 10.6 Å². The Labute approximate surface area is 237 Å². The number of alkyl halides is 3. The molecule has 7 nitrogen and oxygen atoms in total. The Morgan fingerprint density at radius 2 is 1.85 bits per heavy atom. The molecule has 0 aliphatic heterocycles. The van der Waals surface area contributed by atoms with E-state index in [4.69, 9.17) is 0 Å². The number of aromatic nitrogens is 4. The second-order valence-electron chi connectivity index (χ2n) is 9.89. The van der Waals surface area contributed by atoms with E-state index in [1.165, 1.54) is 34.6 Å². The van der Waals surface area contributed by atoms with E-state index in [1.54, 1.807) is 31.3 Å². The lowest BCUT2D eigenvalue weighted by Gasteiger charge is -2.13. The van der Waals surface area contributed by atoms with Crippen molar-refractivity contribution in [3.05, 3.63) is 94.1 Å². The predicted octanol–water partition coefficient (Wildman–Crippen LogP) is 6.74. The second kappa shape index (κ2) is 10.4. The van der Waals surface area contributed by atoms with Crippen LogP contribution >= 0.6 is 11.3 Å². The van der Waals surface area contributed by atoms with E-state index < -0.39 is 17.6 Å². The highest BCUT2D eigenvalue weighted by molar-refractivity contribution is 7.18. The van der Waals surface area contributed by atoms with Crippen molar-refractivity contribution in [2.24, 2.45) is 0 Å². The van der Waals surface area contributed by atoms with Crippen LogP contribution in [-0.4, -0.2) is 31.5 Å². The molecule has 1 fully saturated rings. The van der Waals surface area contributed by atoms with Gasteiger partial charge in [-0.25, -0.2) is 15.0 Å². The molecule has 3 heterocycles. The van der Waals surface area contributed by atoms with Gasteiger partial charge >= 0.3 is 6.18 Å². The summed E-state index contributed by atoms with van der Waals surface area (Å²) in [4.78, 5) is 26.0. The fraction of sp³-hybridized carbons (Fsp3) is 0.200. The van der Waals surface area contributed by atoms with Gasteiger partial charge in [0, 0.05) is 40.1 Å². The maximum atomic E-state index is 13.7. The third-order valence-electron chi connectivity index (χ3n) is 6.62. The Kier molecular flexibility index (Phi) is 6.71. The molecule has 6 rings (SSSR count). The van der Waals surface area contributed by atoms with Crippen LogP contribution in [-0.2, 0) is 6.18 Å². The molecule has 1 aliphatic carbocycles. The van der Waals surface area contributed by atoms with Gasteiger partial charge in [0.15, 0.2) is 0 Å². The molecule has 0 atom stereocenters. The molecule has 0 unspecified atom stereocenters. The number of thiophene rings is 1. The zero-order chi connectivity index (χ0) is 28.7. The number of nitrogens with zero attached hydrogens (tertiary/aromatic N) is 4. The van der Waals surface area contributed by atoms with Crippen LogP contribution in [0.5, 0.6) is 0 Å². The molecule has 1 saturated carbocycles. The summed E-state index contributed by atoms with van der Waals surface area (Å²) in [6.45, 7) is 3.63. The molecule has 2 aromatic carbocycles. The number of anilines is 2. The van der Waals surface area contributed by atoms with Gasteiger partial charge in [0.2, 0.25) is 0 Å². The molecule has 5 aromatic rings. The number of nitrogens with one attached hydrogen (secondary N) is 2. The highest BCUT2D eigenvalue weighted by Gasteiger charge is 2.32. The van der Waals surface area contributed by atoms with Crippen LogP contribution in [0.3, 0.4) is 0 Å². The number of fused-ring (bicyclic) bond motifs is 1. The third-order valence-corrected chi connectivity index (χ3v) is 7.59. The Morgan fingerprint density at radius 1 is 1.05 bits per heavy atom. The first kappa shape index (κ1) is 26.5. The summed E-state index contributed by atoms with van der Waals surface area (Å²) in [5.74, 6) is 6.49. The van der Waals surface area contributed by atoms with Crippen LogP contribution in [0.15, 0.2) is 60.6 Å². The van der Waals surface area contributed by atoms with Crippen LogP contribution < -0.4 is 10.6 Å². The van der Waals surface area contributed by atoms with Crippen LogP contribution in [0.1, 0.15) is 51.1 Å². The highest BCUT2D eigenvalue weighted by atomic mass is 32.1. The fourth-order valence-electron chi connectivity index (χ4n) is 4.25. The summed E-state index contributed by atoms with van der Waals surface area (Å²) < 4.78 is 43.4. The van der Waals surface area contributed by atoms with Crippen LogP contribution in [0.25, 0.3) is 15.9 Å². The lowest BCUT2D eigenvalue weighted by molar-refractivity contribution is -0.137. The van der Waals surface area contributed by atoms with Gasteiger partial charge in [-0.05, 0) is 62.6 Å².